The van der Waals surface area contributed by atoms with Gasteiger partial charge in [-0.2, -0.15) is 0 Å². The van der Waals surface area contributed by atoms with Crippen LogP contribution >= 0.6 is 0 Å². The van der Waals surface area contributed by atoms with E-state index in [1.165, 1.54) is 0 Å². The summed E-state index contributed by atoms with van der Waals surface area (Å²) in [7, 11) is 0. The molecule has 0 aromatic carbocycles. The Kier molecular flexibility index (Phi) is 5.79. The van der Waals surface area contributed by atoms with Crippen LogP contribution in [0.25, 0.3) is 0 Å². The van der Waals surface area contributed by atoms with Crippen molar-refractivity contribution in [1.82, 2.24) is 9.97 Å². The lowest BCUT2D eigenvalue weighted by molar-refractivity contribution is 0.0232. The Balaban J connectivity index is 2.11. The molecule has 0 spiro atoms. The third kappa shape index (κ3) is 4.84. The van der Waals surface area contributed by atoms with E-state index in [9.17, 15) is 0 Å². The highest BCUT2D eigenvalue weighted by Gasteiger charge is 2.20. The van der Waals surface area contributed by atoms with Crippen LogP contribution in [0, 0.1) is 0 Å². The number of nitrogens with zero attached hydrogens (tertiary/aromatic N) is 2. The van der Waals surface area contributed by atoms with Gasteiger partial charge in [-0.1, -0.05) is 20.8 Å². The monoisotopic (exact) mass is 292 g/mol. The Bertz CT molecular complexity index is 450. The van der Waals surface area contributed by atoms with E-state index in [1.54, 1.807) is 0 Å². The number of nitrogens with one attached hydrogen (secondary N) is 2. The molecule has 0 radical (unpaired) electrons. The van der Waals surface area contributed by atoms with Crippen molar-refractivity contribution in [2.45, 2.75) is 65.0 Å². The molecular weight excluding hydrogens is 264 g/mol. The van der Waals surface area contributed by atoms with Gasteiger partial charge < -0.3 is 15.4 Å². The summed E-state index contributed by atoms with van der Waals surface area (Å²) in [5.74, 6) is 3.05. The van der Waals surface area contributed by atoms with E-state index >= 15 is 0 Å². The van der Waals surface area contributed by atoms with E-state index in [0.29, 0.717) is 18.1 Å². The molecule has 2 unspecified atom stereocenters. The van der Waals surface area contributed by atoms with E-state index < -0.39 is 0 Å². The van der Waals surface area contributed by atoms with Crippen molar-refractivity contribution < 1.29 is 4.74 Å². The molecule has 2 N–H and O–H groups in total. The molecule has 1 saturated heterocycles. The van der Waals surface area contributed by atoms with E-state index in [-0.39, 0.29) is 0 Å². The average molecular weight is 292 g/mol. The van der Waals surface area contributed by atoms with Crippen LogP contribution in [-0.4, -0.2) is 35.3 Å². The first kappa shape index (κ1) is 16.0. The molecule has 1 fully saturated rings. The van der Waals surface area contributed by atoms with Gasteiger partial charge >= 0.3 is 0 Å². The first-order valence-corrected chi connectivity index (χ1v) is 8.09. The molecule has 0 bridgehead atoms. The van der Waals surface area contributed by atoms with Crippen LogP contribution in [0.4, 0.5) is 11.6 Å². The topological polar surface area (TPSA) is 59.1 Å². The van der Waals surface area contributed by atoms with E-state index in [1.807, 2.05) is 6.07 Å². The molecule has 2 rings (SSSR count). The standard InChI is InChI=1S/C16H28N4O/c1-5-7-17-14-10-15(20-16(19-14)11(2)3)18-13-6-8-21-12(4)9-13/h10-13H,5-9H2,1-4H3,(H2,17,18,19,20). The van der Waals surface area contributed by atoms with Crippen molar-refractivity contribution in [1.29, 1.82) is 0 Å². The van der Waals surface area contributed by atoms with Gasteiger partial charge in [0.15, 0.2) is 0 Å². The number of ether oxygens (including phenoxy) is 1. The zero-order chi connectivity index (χ0) is 15.2. The summed E-state index contributed by atoms with van der Waals surface area (Å²) in [5.41, 5.74) is 0. The van der Waals surface area contributed by atoms with Crippen molar-refractivity contribution in [3.05, 3.63) is 11.9 Å². The van der Waals surface area contributed by atoms with Crippen molar-refractivity contribution in [3.8, 4) is 0 Å². The maximum atomic E-state index is 5.60. The maximum Gasteiger partial charge on any atom is 0.135 e. The predicted molar refractivity (Wildman–Crippen MR) is 87.0 cm³/mol. The zero-order valence-electron chi connectivity index (χ0n) is 13.6. The number of hydrogen-bond donors (Lipinski definition) is 2. The van der Waals surface area contributed by atoms with E-state index in [2.05, 4.69) is 48.3 Å². The molecule has 0 aliphatic carbocycles. The Hall–Kier alpha value is -1.36. The quantitative estimate of drug-likeness (QED) is 0.841. The van der Waals surface area contributed by atoms with Gasteiger partial charge in [-0.05, 0) is 26.2 Å². The second kappa shape index (κ2) is 7.59. The number of anilines is 2. The van der Waals surface area contributed by atoms with Gasteiger partial charge in [0, 0.05) is 31.2 Å². The third-order valence-corrected chi connectivity index (χ3v) is 3.65. The molecule has 2 atom stereocenters. The highest BCUT2D eigenvalue weighted by Crippen LogP contribution is 2.21. The fourth-order valence-electron chi connectivity index (χ4n) is 2.48. The average Bonchev–Trinajstić information content (AvgIpc) is 2.45. The van der Waals surface area contributed by atoms with Crippen LogP contribution < -0.4 is 10.6 Å². The molecule has 1 aliphatic rings. The van der Waals surface area contributed by atoms with Crippen molar-refractivity contribution >= 4 is 11.6 Å². The molecule has 1 aromatic heterocycles. The normalized spacial score (nSPS) is 22.3. The molecule has 2 heterocycles. The molecule has 1 aromatic rings. The summed E-state index contributed by atoms with van der Waals surface area (Å²) in [6.45, 7) is 10.3. The molecule has 118 valence electrons. The number of hydrogen-bond acceptors (Lipinski definition) is 5. The van der Waals surface area contributed by atoms with Gasteiger partial charge in [0.1, 0.15) is 17.5 Å². The van der Waals surface area contributed by atoms with Gasteiger partial charge in [-0.25, -0.2) is 9.97 Å². The Morgan fingerprint density at radius 3 is 2.76 bits per heavy atom. The van der Waals surface area contributed by atoms with Crippen molar-refractivity contribution in [3.63, 3.8) is 0 Å². The minimum absolute atomic E-state index is 0.320. The number of rotatable bonds is 6. The second-order valence-electron chi connectivity index (χ2n) is 6.13. The molecule has 1 aliphatic heterocycles. The highest BCUT2D eigenvalue weighted by atomic mass is 16.5. The van der Waals surface area contributed by atoms with Crippen LogP contribution in [0.5, 0.6) is 0 Å². The van der Waals surface area contributed by atoms with Gasteiger partial charge in [0.05, 0.1) is 6.10 Å². The van der Waals surface area contributed by atoms with Crippen LogP contribution in [0.3, 0.4) is 0 Å². The summed E-state index contributed by atoms with van der Waals surface area (Å²) in [6.07, 6.45) is 3.46. The van der Waals surface area contributed by atoms with Crippen LogP contribution in [0.1, 0.15) is 58.7 Å². The van der Waals surface area contributed by atoms with Crippen LogP contribution in [-0.2, 0) is 4.74 Å². The van der Waals surface area contributed by atoms with Crippen LogP contribution in [0.2, 0.25) is 0 Å². The Morgan fingerprint density at radius 1 is 1.33 bits per heavy atom. The Labute approximate surface area is 127 Å². The summed E-state index contributed by atoms with van der Waals surface area (Å²) in [6, 6.07) is 2.45. The summed E-state index contributed by atoms with van der Waals surface area (Å²) in [5, 5.41) is 6.91. The van der Waals surface area contributed by atoms with Crippen LogP contribution in [0.15, 0.2) is 6.07 Å². The largest absolute Gasteiger partial charge is 0.378 e. The first-order valence-electron chi connectivity index (χ1n) is 8.09. The van der Waals surface area contributed by atoms with Gasteiger partial charge in [0.2, 0.25) is 0 Å². The SMILES string of the molecule is CCCNc1cc(NC2CCOC(C)C2)nc(C(C)C)n1. The lowest BCUT2D eigenvalue weighted by Gasteiger charge is -2.28. The molecule has 21 heavy (non-hydrogen) atoms. The predicted octanol–water partition coefficient (Wildman–Crippen LogP) is 3.40. The minimum Gasteiger partial charge on any atom is -0.378 e. The fraction of sp³-hybridized carbons (Fsp3) is 0.750. The van der Waals surface area contributed by atoms with E-state index in [4.69, 9.17) is 4.74 Å². The molecule has 0 amide bonds. The van der Waals surface area contributed by atoms with E-state index in [0.717, 1.165) is 49.9 Å². The van der Waals surface area contributed by atoms with Gasteiger partial charge in [-0.15, -0.1) is 0 Å². The minimum atomic E-state index is 0.320. The third-order valence-electron chi connectivity index (χ3n) is 3.65. The van der Waals surface area contributed by atoms with Gasteiger partial charge in [0.25, 0.3) is 0 Å². The smallest absolute Gasteiger partial charge is 0.135 e. The second-order valence-corrected chi connectivity index (χ2v) is 6.13. The maximum absolute atomic E-state index is 5.60. The molecular formula is C16H28N4O. The zero-order valence-corrected chi connectivity index (χ0v) is 13.6. The summed E-state index contributed by atoms with van der Waals surface area (Å²) >= 11 is 0. The Morgan fingerprint density at radius 2 is 2.10 bits per heavy atom. The van der Waals surface area contributed by atoms with Gasteiger partial charge in [-0.3, -0.25) is 0 Å². The lowest BCUT2D eigenvalue weighted by atomic mass is 10.0. The molecule has 5 nitrogen and oxygen atoms in total. The van der Waals surface area contributed by atoms with Crippen molar-refractivity contribution in [2.24, 2.45) is 0 Å². The number of aromatic nitrogens is 2. The summed E-state index contributed by atoms with van der Waals surface area (Å²) < 4.78 is 5.60. The molecule has 5 heteroatoms. The highest BCUT2D eigenvalue weighted by molar-refractivity contribution is 5.48. The fourth-order valence-corrected chi connectivity index (χ4v) is 2.48. The molecule has 0 saturated carbocycles. The summed E-state index contributed by atoms with van der Waals surface area (Å²) in [4.78, 5) is 9.25. The van der Waals surface area contributed by atoms with Crippen molar-refractivity contribution in [2.75, 3.05) is 23.8 Å². The first-order chi connectivity index (χ1) is 10.1. The lowest BCUT2D eigenvalue weighted by Crippen LogP contribution is -2.32.